The SMILES string of the molecule is CN(C)CCC(c1ccccc1)N(C)c1ccccc1O. The summed E-state index contributed by atoms with van der Waals surface area (Å²) in [6.45, 7) is 0.998. The molecule has 0 saturated carbocycles. The van der Waals surface area contributed by atoms with E-state index >= 15 is 0 Å². The highest BCUT2D eigenvalue weighted by Gasteiger charge is 2.19. The van der Waals surface area contributed by atoms with Crippen molar-refractivity contribution in [3.63, 3.8) is 0 Å². The van der Waals surface area contributed by atoms with E-state index < -0.39 is 0 Å². The molecule has 0 fully saturated rings. The van der Waals surface area contributed by atoms with E-state index in [-0.39, 0.29) is 6.04 Å². The summed E-state index contributed by atoms with van der Waals surface area (Å²) in [5, 5.41) is 10.1. The van der Waals surface area contributed by atoms with Gasteiger partial charge in [0.2, 0.25) is 0 Å². The van der Waals surface area contributed by atoms with E-state index in [4.69, 9.17) is 0 Å². The first kappa shape index (κ1) is 15.4. The molecule has 0 aliphatic carbocycles. The Balaban J connectivity index is 2.28. The Bertz CT molecular complexity index is 554. The van der Waals surface area contributed by atoms with Gasteiger partial charge in [-0.1, -0.05) is 42.5 Å². The molecule has 0 aromatic heterocycles. The molecule has 0 heterocycles. The number of aromatic hydroxyl groups is 1. The lowest BCUT2D eigenvalue weighted by Gasteiger charge is -2.32. The number of rotatable bonds is 6. The van der Waals surface area contributed by atoms with Gasteiger partial charge < -0.3 is 14.9 Å². The topological polar surface area (TPSA) is 26.7 Å². The van der Waals surface area contributed by atoms with Crippen molar-refractivity contribution in [2.45, 2.75) is 12.5 Å². The molecule has 0 radical (unpaired) electrons. The Labute approximate surface area is 127 Å². The van der Waals surface area contributed by atoms with Crippen LogP contribution in [-0.2, 0) is 0 Å². The van der Waals surface area contributed by atoms with Crippen LogP contribution in [0, 0.1) is 0 Å². The summed E-state index contributed by atoms with van der Waals surface area (Å²) in [6.07, 6.45) is 1.00. The van der Waals surface area contributed by atoms with Crippen molar-refractivity contribution in [3.05, 3.63) is 60.2 Å². The maximum Gasteiger partial charge on any atom is 0.138 e. The molecule has 0 amide bonds. The summed E-state index contributed by atoms with van der Waals surface area (Å²) < 4.78 is 0. The van der Waals surface area contributed by atoms with Crippen molar-refractivity contribution in [1.82, 2.24) is 4.90 Å². The van der Waals surface area contributed by atoms with Gasteiger partial charge in [0.1, 0.15) is 5.75 Å². The molecule has 0 aliphatic heterocycles. The quantitative estimate of drug-likeness (QED) is 0.879. The number of anilines is 1. The third kappa shape index (κ3) is 3.99. The Morgan fingerprint density at radius 2 is 1.52 bits per heavy atom. The van der Waals surface area contributed by atoms with Crippen LogP contribution in [0.4, 0.5) is 5.69 Å². The maximum atomic E-state index is 10.1. The summed E-state index contributed by atoms with van der Waals surface area (Å²) in [5.74, 6) is 0.325. The number of para-hydroxylation sites is 2. The number of nitrogens with zero attached hydrogens (tertiary/aromatic N) is 2. The first-order valence-corrected chi connectivity index (χ1v) is 7.30. The lowest BCUT2D eigenvalue weighted by molar-refractivity contribution is 0.378. The smallest absolute Gasteiger partial charge is 0.138 e. The standard InChI is InChI=1S/C18H24N2O/c1-19(2)14-13-16(15-9-5-4-6-10-15)20(3)17-11-7-8-12-18(17)21/h4-12,16,21H,13-14H2,1-3H3. The number of phenolic OH excluding ortho intramolecular Hbond substituents is 1. The van der Waals surface area contributed by atoms with Crippen molar-refractivity contribution in [3.8, 4) is 5.75 Å². The molecule has 2 aromatic carbocycles. The normalized spacial score (nSPS) is 12.4. The van der Waals surface area contributed by atoms with E-state index in [9.17, 15) is 5.11 Å². The van der Waals surface area contributed by atoms with Gasteiger partial charge in [-0.25, -0.2) is 0 Å². The van der Waals surface area contributed by atoms with Crippen LogP contribution in [0.2, 0.25) is 0 Å². The predicted molar refractivity (Wildman–Crippen MR) is 88.9 cm³/mol. The molecule has 0 spiro atoms. The van der Waals surface area contributed by atoms with Gasteiger partial charge in [0.25, 0.3) is 0 Å². The lowest BCUT2D eigenvalue weighted by Crippen LogP contribution is -2.27. The van der Waals surface area contributed by atoms with Crippen LogP contribution in [0.3, 0.4) is 0 Å². The van der Waals surface area contributed by atoms with E-state index in [1.54, 1.807) is 6.07 Å². The van der Waals surface area contributed by atoms with E-state index in [1.807, 2.05) is 31.3 Å². The number of phenols is 1. The zero-order chi connectivity index (χ0) is 15.2. The van der Waals surface area contributed by atoms with Gasteiger partial charge >= 0.3 is 0 Å². The minimum absolute atomic E-state index is 0.238. The molecule has 21 heavy (non-hydrogen) atoms. The van der Waals surface area contributed by atoms with Crippen LogP contribution in [0.1, 0.15) is 18.0 Å². The van der Waals surface area contributed by atoms with Crippen LogP contribution in [-0.4, -0.2) is 37.7 Å². The Hall–Kier alpha value is -2.00. The summed E-state index contributed by atoms with van der Waals surface area (Å²) in [6, 6.07) is 18.2. The van der Waals surface area contributed by atoms with Gasteiger partial charge in [0, 0.05) is 7.05 Å². The molecule has 2 rings (SSSR count). The van der Waals surface area contributed by atoms with Gasteiger partial charge in [-0.05, 0) is 44.8 Å². The third-order valence-corrected chi connectivity index (χ3v) is 3.76. The minimum Gasteiger partial charge on any atom is -0.506 e. The molecule has 3 nitrogen and oxygen atoms in total. The molecule has 112 valence electrons. The molecule has 0 aliphatic rings. The fourth-order valence-corrected chi connectivity index (χ4v) is 2.57. The predicted octanol–water partition coefficient (Wildman–Crippen LogP) is 3.52. The van der Waals surface area contributed by atoms with Crippen LogP contribution in [0.15, 0.2) is 54.6 Å². The summed E-state index contributed by atoms with van der Waals surface area (Å²) in [7, 11) is 6.21. The van der Waals surface area contributed by atoms with Crippen molar-refractivity contribution in [2.24, 2.45) is 0 Å². The monoisotopic (exact) mass is 284 g/mol. The van der Waals surface area contributed by atoms with Gasteiger partial charge in [-0.2, -0.15) is 0 Å². The second-order valence-corrected chi connectivity index (χ2v) is 5.62. The van der Waals surface area contributed by atoms with E-state index in [2.05, 4.69) is 48.2 Å². The fourth-order valence-electron chi connectivity index (χ4n) is 2.57. The molecule has 0 bridgehead atoms. The highest BCUT2D eigenvalue weighted by Crippen LogP contribution is 2.33. The van der Waals surface area contributed by atoms with E-state index in [1.165, 1.54) is 5.56 Å². The average molecular weight is 284 g/mol. The average Bonchev–Trinajstić information content (AvgIpc) is 2.48. The van der Waals surface area contributed by atoms with Gasteiger partial charge in [0.05, 0.1) is 11.7 Å². The first-order chi connectivity index (χ1) is 10.1. The Morgan fingerprint density at radius 1 is 0.905 bits per heavy atom. The number of hydrogen-bond acceptors (Lipinski definition) is 3. The minimum atomic E-state index is 0.238. The second-order valence-electron chi connectivity index (χ2n) is 5.62. The van der Waals surface area contributed by atoms with E-state index in [0.29, 0.717) is 5.75 Å². The third-order valence-electron chi connectivity index (χ3n) is 3.76. The molecule has 3 heteroatoms. The molecular weight excluding hydrogens is 260 g/mol. The molecule has 1 unspecified atom stereocenters. The van der Waals surface area contributed by atoms with Crippen molar-refractivity contribution >= 4 is 5.69 Å². The Kier molecular flexibility index (Phi) is 5.23. The summed E-state index contributed by atoms with van der Waals surface area (Å²) in [4.78, 5) is 4.35. The molecule has 1 N–H and O–H groups in total. The lowest BCUT2D eigenvalue weighted by atomic mass is 10.0. The van der Waals surface area contributed by atoms with E-state index in [0.717, 1.165) is 18.7 Å². The Morgan fingerprint density at radius 3 is 2.14 bits per heavy atom. The summed E-state index contributed by atoms with van der Waals surface area (Å²) >= 11 is 0. The largest absolute Gasteiger partial charge is 0.506 e. The van der Waals surface area contributed by atoms with Gasteiger partial charge in [0.15, 0.2) is 0 Å². The van der Waals surface area contributed by atoms with Crippen LogP contribution in [0.5, 0.6) is 5.75 Å². The highest BCUT2D eigenvalue weighted by atomic mass is 16.3. The van der Waals surface area contributed by atoms with Crippen molar-refractivity contribution in [2.75, 3.05) is 32.6 Å². The number of hydrogen-bond donors (Lipinski definition) is 1. The highest BCUT2D eigenvalue weighted by molar-refractivity contribution is 5.58. The zero-order valence-corrected chi connectivity index (χ0v) is 13.0. The number of benzene rings is 2. The zero-order valence-electron chi connectivity index (χ0n) is 13.0. The molecule has 0 saturated heterocycles. The molecular formula is C18H24N2O. The maximum absolute atomic E-state index is 10.1. The van der Waals surface area contributed by atoms with Crippen LogP contribution in [0.25, 0.3) is 0 Å². The fraction of sp³-hybridized carbons (Fsp3) is 0.333. The van der Waals surface area contributed by atoms with Crippen LogP contribution >= 0.6 is 0 Å². The van der Waals surface area contributed by atoms with Crippen molar-refractivity contribution < 1.29 is 5.11 Å². The van der Waals surface area contributed by atoms with Gasteiger partial charge in [-0.15, -0.1) is 0 Å². The van der Waals surface area contributed by atoms with Gasteiger partial charge in [-0.3, -0.25) is 0 Å². The summed E-state index contributed by atoms with van der Waals surface area (Å²) in [5.41, 5.74) is 2.13. The molecule has 1 atom stereocenters. The first-order valence-electron chi connectivity index (χ1n) is 7.30. The van der Waals surface area contributed by atoms with Crippen molar-refractivity contribution in [1.29, 1.82) is 0 Å². The second kappa shape index (κ2) is 7.14. The van der Waals surface area contributed by atoms with Crippen LogP contribution < -0.4 is 4.90 Å². The molecule has 2 aromatic rings.